The lowest BCUT2D eigenvalue weighted by Crippen LogP contribution is -2.35. The first-order chi connectivity index (χ1) is 8.97. The number of carbonyl (C=O) groups excluding carboxylic acids is 1. The summed E-state index contributed by atoms with van der Waals surface area (Å²) < 4.78 is 12.8. The Morgan fingerprint density at radius 2 is 2.05 bits per heavy atom. The second-order valence-electron chi connectivity index (χ2n) is 5.53. The normalized spacial score (nSPS) is 24.6. The molecule has 1 fully saturated rings. The summed E-state index contributed by atoms with van der Waals surface area (Å²) in [6, 6.07) is 5.69. The van der Waals surface area contributed by atoms with Crippen molar-refractivity contribution in [3.8, 4) is 0 Å². The summed E-state index contributed by atoms with van der Waals surface area (Å²) in [6.07, 6.45) is 0.699. The highest BCUT2D eigenvalue weighted by Crippen LogP contribution is 2.37. The van der Waals surface area contributed by atoms with Crippen LogP contribution in [0.3, 0.4) is 0 Å². The molecular weight excluding hydrogens is 245 g/mol. The molecule has 19 heavy (non-hydrogen) atoms. The van der Waals surface area contributed by atoms with E-state index in [4.69, 9.17) is 0 Å². The van der Waals surface area contributed by atoms with E-state index in [2.05, 4.69) is 12.2 Å². The summed E-state index contributed by atoms with van der Waals surface area (Å²) in [7, 11) is 0. The number of halogens is 1. The van der Waals surface area contributed by atoms with Crippen molar-refractivity contribution in [3.05, 3.63) is 35.6 Å². The van der Waals surface area contributed by atoms with Crippen molar-refractivity contribution in [1.29, 1.82) is 0 Å². The third kappa shape index (κ3) is 3.77. The summed E-state index contributed by atoms with van der Waals surface area (Å²) in [5.74, 6) is 0.381. The highest BCUT2D eigenvalue weighted by atomic mass is 19.1. The molecule has 1 amide bonds. The summed E-state index contributed by atoms with van der Waals surface area (Å²) in [6.45, 7) is 3.93. The molecule has 4 atom stereocenters. The minimum Gasteiger partial charge on any atom is -0.388 e. The van der Waals surface area contributed by atoms with E-state index < -0.39 is 6.10 Å². The van der Waals surface area contributed by atoms with Crippen LogP contribution in [0, 0.1) is 17.7 Å². The van der Waals surface area contributed by atoms with Crippen LogP contribution in [0.2, 0.25) is 0 Å². The molecule has 1 aromatic carbocycles. The molecule has 2 N–H and O–H groups in total. The van der Waals surface area contributed by atoms with Crippen LogP contribution in [0.5, 0.6) is 0 Å². The Balaban J connectivity index is 1.82. The Kier molecular flexibility index (Phi) is 4.20. The number of rotatable bonds is 5. The van der Waals surface area contributed by atoms with E-state index in [0.717, 1.165) is 6.42 Å². The third-order valence-electron chi connectivity index (χ3n) is 3.67. The van der Waals surface area contributed by atoms with E-state index in [1.807, 2.05) is 6.92 Å². The smallest absolute Gasteiger partial charge is 0.223 e. The number of benzene rings is 1. The molecule has 1 aliphatic rings. The molecule has 1 saturated carbocycles. The van der Waals surface area contributed by atoms with Gasteiger partial charge in [-0.3, -0.25) is 4.79 Å². The molecule has 1 aromatic rings. The Morgan fingerprint density at radius 1 is 1.47 bits per heavy atom. The summed E-state index contributed by atoms with van der Waals surface area (Å²) >= 11 is 0. The van der Waals surface area contributed by atoms with Gasteiger partial charge in [0.15, 0.2) is 0 Å². The van der Waals surface area contributed by atoms with Gasteiger partial charge in [-0.1, -0.05) is 19.1 Å². The monoisotopic (exact) mass is 265 g/mol. The zero-order valence-corrected chi connectivity index (χ0v) is 11.3. The van der Waals surface area contributed by atoms with Crippen molar-refractivity contribution in [2.24, 2.45) is 11.8 Å². The average molecular weight is 265 g/mol. The van der Waals surface area contributed by atoms with E-state index in [0.29, 0.717) is 17.9 Å². The van der Waals surface area contributed by atoms with E-state index in [9.17, 15) is 14.3 Å². The van der Waals surface area contributed by atoms with E-state index in [1.54, 1.807) is 12.1 Å². The molecule has 0 bridgehead atoms. The van der Waals surface area contributed by atoms with Crippen LogP contribution in [0.4, 0.5) is 4.39 Å². The molecule has 0 aliphatic heterocycles. The second-order valence-corrected chi connectivity index (χ2v) is 5.53. The highest BCUT2D eigenvalue weighted by Gasteiger charge is 2.39. The van der Waals surface area contributed by atoms with Crippen LogP contribution in [0.1, 0.15) is 38.4 Å². The van der Waals surface area contributed by atoms with Crippen LogP contribution in [-0.4, -0.2) is 17.1 Å². The second kappa shape index (κ2) is 5.70. The Labute approximate surface area is 112 Å². The first-order valence-electron chi connectivity index (χ1n) is 6.71. The molecule has 0 radical (unpaired) electrons. The molecule has 1 aliphatic carbocycles. The topological polar surface area (TPSA) is 49.3 Å². The van der Waals surface area contributed by atoms with Gasteiger partial charge in [0.05, 0.1) is 6.10 Å². The number of hydrogen-bond acceptors (Lipinski definition) is 2. The maximum Gasteiger partial charge on any atom is 0.223 e. The number of aliphatic hydroxyl groups is 1. The fourth-order valence-corrected chi connectivity index (χ4v) is 2.25. The van der Waals surface area contributed by atoms with Gasteiger partial charge in [-0.2, -0.15) is 0 Å². The summed E-state index contributed by atoms with van der Waals surface area (Å²) in [5, 5.41) is 12.9. The molecule has 104 valence electrons. The largest absolute Gasteiger partial charge is 0.388 e. The molecular formula is C15H20FNO2. The van der Waals surface area contributed by atoms with Crippen LogP contribution < -0.4 is 5.32 Å². The number of amides is 1. The lowest BCUT2D eigenvalue weighted by atomic mass is 10.0. The van der Waals surface area contributed by atoms with Crippen molar-refractivity contribution in [2.75, 3.05) is 0 Å². The maximum absolute atomic E-state index is 12.8. The van der Waals surface area contributed by atoms with Gasteiger partial charge in [0.25, 0.3) is 0 Å². The molecule has 0 saturated heterocycles. The molecule has 4 unspecified atom stereocenters. The van der Waals surface area contributed by atoms with Crippen molar-refractivity contribution in [2.45, 2.75) is 38.8 Å². The van der Waals surface area contributed by atoms with Gasteiger partial charge in [0.2, 0.25) is 5.91 Å². The lowest BCUT2D eigenvalue weighted by Gasteiger charge is -2.18. The van der Waals surface area contributed by atoms with Crippen LogP contribution in [0.15, 0.2) is 24.3 Å². The van der Waals surface area contributed by atoms with Gasteiger partial charge in [-0.05, 0) is 43.4 Å². The average Bonchev–Trinajstić information content (AvgIpc) is 3.07. The van der Waals surface area contributed by atoms with Gasteiger partial charge in [-0.15, -0.1) is 0 Å². The predicted molar refractivity (Wildman–Crippen MR) is 70.9 cm³/mol. The van der Waals surface area contributed by atoms with Gasteiger partial charge >= 0.3 is 0 Å². The van der Waals surface area contributed by atoms with E-state index >= 15 is 0 Å². The molecule has 4 heteroatoms. The summed E-state index contributed by atoms with van der Waals surface area (Å²) in [5.41, 5.74) is 0.669. The van der Waals surface area contributed by atoms with Crippen LogP contribution >= 0.6 is 0 Å². The van der Waals surface area contributed by atoms with Crippen molar-refractivity contribution in [1.82, 2.24) is 5.32 Å². The SMILES string of the molecule is CC(CC(O)c1ccc(F)cc1)NC(=O)C1CC1C. The van der Waals surface area contributed by atoms with Gasteiger partial charge in [0, 0.05) is 12.0 Å². The zero-order chi connectivity index (χ0) is 14.0. The number of aliphatic hydroxyl groups excluding tert-OH is 1. The first kappa shape index (κ1) is 14.0. The van der Waals surface area contributed by atoms with E-state index in [1.165, 1.54) is 12.1 Å². The van der Waals surface area contributed by atoms with Crippen molar-refractivity contribution < 1.29 is 14.3 Å². The fraction of sp³-hybridized carbons (Fsp3) is 0.533. The Morgan fingerprint density at radius 3 is 2.58 bits per heavy atom. The molecule has 3 nitrogen and oxygen atoms in total. The van der Waals surface area contributed by atoms with Gasteiger partial charge < -0.3 is 10.4 Å². The third-order valence-corrected chi connectivity index (χ3v) is 3.67. The minimum atomic E-state index is -0.687. The van der Waals surface area contributed by atoms with Crippen molar-refractivity contribution in [3.63, 3.8) is 0 Å². The number of hydrogen-bond donors (Lipinski definition) is 2. The predicted octanol–water partition coefficient (Wildman–Crippen LogP) is 2.41. The Hall–Kier alpha value is -1.42. The highest BCUT2D eigenvalue weighted by molar-refractivity contribution is 5.81. The number of nitrogens with one attached hydrogen (secondary N) is 1. The van der Waals surface area contributed by atoms with Crippen molar-refractivity contribution >= 4 is 5.91 Å². The van der Waals surface area contributed by atoms with Gasteiger partial charge in [0.1, 0.15) is 5.82 Å². The fourth-order valence-electron chi connectivity index (χ4n) is 2.25. The van der Waals surface area contributed by atoms with E-state index in [-0.39, 0.29) is 23.7 Å². The molecule has 2 rings (SSSR count). The lowest BCUT2D eigenvalue weighted by molar-refractivity contribution is -0.123. The van der Waals surface area contributed by atoms with Gasteiger partial charge in [-0.25, -0.2) is 4.39 Å². The quantitative estimate of drug-likeness (QED) is 0.859. The zero-order valence-electron chi connectivity index (χ0n) is 11.3. The molecule has 0 aromatic heterocycles. The molecule has 0 heterocycles. The standard InChI is InChI=1S/C15H20FNO2/c1-9-7-13(9)15(19)17-10(2)8-14(18)11-3-5-12(16)6-4-11/h3-6,9-10,13-14,18H,7-8H2,1-2H3,(H,17,19). The Bertz CT molecular complexity index is 446. The summed E-state index contributed by atoms with van der Waals surface area (Å²) in [4.78, 5) is 11.7. The minimum absolute atomic E-state index is 0.0753. The number of carbonyl (C=O) groups is 1. The molecule has 0 spiro atoms. The first-order valence-corrected chi connectivity index (χ1v) is 6.71. The maximum atomic E-state index is 12.8. The van der Waals surface area contributed by atoms with Crippen LogP contribution in [-0.2, 0) is 4.79 Å². The van der Waals surface area contributed by atoms with Crippen LogP contribution in [0.25, 0.3) is 0 Å².